The summed E-state index contributed by atoms with van der Waals surface area (Å²) >= 11 is 14.7. The van der Waals surface area contributed by atoms with Crippen LogP contribution in [0.5, 0.6) is 0 Å². The standard InChI is InChI=1S/C29H35Cl2NO2S/c1-5-9-24-28(33)32(23-12-6-7-13-25(23)35-29(2,3)4)26(19-14-16-21(30)17-15-19)27(34-24)20-10-8-11-22(31)18-20/h5,8,10-11,14-18,23-27H,1,6-7,9,12-13H2,2-4H3/t23-,24+,25-,26+,27+/m0/s1. The van der Waals surface area contributed by atoms with E-state index in [9.17, 15) is 4.79 Å². The van der Waals surface area contributed by atoms with Crippen molar-refractivity contribution < 1.29 is 9.53 Å². The SMILES string of the molecule is C=CC[C@H]1O[C@H](c2cccc(Cl)c2)[C@@H](c2ccc(Cl)cc2)N([C@H]2CCCC[C@@H]2SC(C)(C)C)C1=O. The molecular weight excluding hydrogens is 497 g/mol. The number of nitrogens with zero attached hydrogens (tertiary/aromatic N) is 1. The number of hydrogen-bond acceptors (Lipinski definition) is 3. The van der Waals surface area contributed by atoms with Crippen LogP contribution in [0.1, 0.15) is 76.1 Å². The van der Waals surface area contributed by atoms with Crippen LogP contribution in [0.25, 0.3) is 0 Å². The quantitative estimate of drug-likeness (QED) is 0.350. The van der Waals surface area contributed by atoms with Crippen LogP contribution in [-0.2, 0) is 9.53 Å². The molecular formula is C29H35Cl2NO2S. The average molecular weight is 533 g/mol. The normalized spacial score (nSPS) is 27.6. The highest BCUT2D eigenvalue weighted by molar-refractivity contribution is 8.01. The van der Waals surface area contributed by atoms with Crippen LogP contribution >= 0.6 is 35.0 Å². The maximum atomic E-state index is 14.1. The predicted octanol–water partition coefficient (Wildman–Crippen LogP) is 8.42. The minimum Gasteiger partial charge on any atom is -0.358 e. The van der Waals surface area contributed by atoms with Crippen LogP contribution in [-0.4, -0.2) is 32.9 Å². The molecule has 1 heterocycles. The van der Waals surface area contributed by atoms with E-state index >= 15 is 0 Å². The molecule has 0 unspecified atom stereocenters. The van der Waals surface area contributed by atoms with Gasteiger partial charge >= 0.3 is 0 Å². The summed E-state index contributed by atoms with van der Waals surface area (Å²) in [7, 11) is 0. The molecule has 188 valence electrons. The number of thioether (sulfide) groups is 1. The third-order valence-electron chi connectivity index (χ3n) is 6.73. The van der Waals surface area contributed by atoms with E-state index in [1.54, 1.807) is 6.08 Å². The Morgan fingerprint density at radius 3 is 2.43 bits per heavy atom. The number of morpholine rings is 1. The van der Waals surface area contributed by atoms with Crippen molar-refractivity contribution in [1.82, 2.24) is 4.90 Å². The molecule has 0 N–H and O–H groups in total. The molecule has 2 aliphatic rings. The molecule has 1 saturated carbocycles. The Labute approximate surface area is 224 Å². The van der Waals surface area contributed by atoms with Crippen molar-refractivity contribution in [3.8, 4) is 0 Å². The van der Waals surface area contributed by atoms with E-state index in [0.717, 1.165) is 30.4 Å². The van der Waals surface area contributed by atoms with Gasteiger partial charge in [-0.3, -0.25) is 4.79 Å². The van der Waals surface area contributed by atoms with E-state index in [1.165, 1.54) is 6.42 Å². The highest BCUT2D eigenvalue weighted by Gasteiger charge is 2.48. The summed E-state index contributed by atoms with van der Waals surface area (Å²) in [4.78, 5) is 16.3. The van der Waals surface area contributed by atoms with Gasteiger partial charge in [0.05, 0.1) is 6.04 Å². The van der Waals surface area contributed by atoms with Crippen LogP contribution in [0, 0.1) is 0 Å². The Balaban J connectivity index is 1.85. The topological polar surface area (TPSA) is 29.5 Å². The number of benzene rings is 2. The molecule has 0 bridgehead atoms. The van der Waals surface area contributed by atoms with Crippen LogP contribution in [0.3, 0.4) is 0 Å². The molecule has 0 radical (unpaired) electrons. The van der Waals surface area contributed by atoms with Crippen molar-refractivity contribution >= 4 is 40.9 Å². The molecule has 1 saturated heterocycles. The van der Waals surface area contributed by atoms with Gasteiger partial charge in [0.2, 0.25) is 0 Å². The van der Waals surface area contributed by atoms with Gasteiger partial charge in [-0.15, -0.1) is 6.58 Å². The molecule has 0 spiro atoms. The molecule has 1 aliphatic carbocycles. The van der Waals surface area contributed by atoms with Crippen LogP contribution in [0.4, 0.5) is 0 Å². The summed E-state index contributed by atoms with van der Waals surface area (Å²) in [6.07, 6.45) is 5.76. The van der Waals surface area contributed by atoms with Crippen LogP contribution < -0.4 is 0 Å². The Hall–Kier alpha value is -1.46. The number of rotatable bonds is 6. The Bertz CT molecular complexity index is 1040. The first-order chi connectivity index (χ1) is 16.7. The van der Waals surface area contributed by atoms with Crippen molar-refractivity contribution in [2.45, 2.75) is 87.2 Å². The monoisotopic (exact) mass is 531 g/mol. The highest BCUT2D eigenvalue weighted by Crippen LogP contribution is 2.48. The number of ether oxygens (including phenoxy) is 1. The fraction of sp³-hybridized carbons (Fsp3) is 0.483. The fourth-order valence-corrected chi connectivity index (χ4v) is 7.30. The minimum absolute atomic E-state index is 0.0505. The molecule has 5 atom stereocenters. The van der Waals surface area contributed by atoms with Gasteiger partial charge in [0, 0.05) is 32.5 Å². The summed E-state index contributed by atoms with van der Waals surface area (Å²) < 4.78 is 6.68. The molecule has 1 aliphatic heterocycles. The lowest BCUT2D eigenvalue weighted by molar-refractivity contribution is -0.179. The molecule has 6 heteroatoms. The van der Waals surface area contributed by atoms with Crippen molar-refractivity contribution in [1.29, 1.82) is 0 Å². The highest BCUT2D eigenvalue weighted by atomic mass is 35.5. The third kappa shape index (κ3) is 6.28. The third-order valence-corrected chi connectivity index (χ3v) is 8.77. The van der Waals surface area contributed by atoms with E-state index in [-0.39, 0.29) is 28.8 Å². The second-order valence-corrected chi connectivity index (χ2v) is 13.4. The molecule has 2 aromatic rings. The zero-order chi connectivity index (χ0) is 25.2. The lowest BCUT2D eigenvalue weighted by Crippen LogP contribution is -2.58. The van der Waals surface area contributed by atoms with Gasteiger partial charge in [-0.25, -0.2) is 0 Å². The van der Waals surface area contributed by atoms with E-state index in [1.807, 2.05) is 60.3 Å². The van der Waals surface area contributed by atoms with Gasteiger partial charge < -0.3 is 9.64 Å². The Kier molecular flexibility index (Phi) is 8.58. The molecule has 35 heavy (non-hydrogen) atoms. The summed E-state index contributed by atoms with van der Waals surface area (Å²) in [6.45, 7) is 10.7. The van der Waals surface area contributed by atoms with Crippen molar-refractivity contribution in [2.75, 3.05) is 0 Å². The van der Waals surface area contributed by atoms with E-state index in [2.05, 4.69) is 32.3 Å². The minimum atomic E-state index is -0.567. The molecule has 4 rings (SSSR count). The van der Waals surface area contributed by atoms with Crippen LogP contribution in [0.15, 0.2) is 61.2 Å². The van der Waals surface area contributed by atoms with E-state index < -0.39 is 6.10 Å². The second kappa shape index (κ2) is 11.3. The lowest BCUT2D eigenvalue weighted by atomic mass is 9.86. The van der Waals surface area contributed by atoms with Gasteiger partial charge in [0.1, 0.15) is 12.2 Å². The zero-order valence-electron chi connectivity index (χ0n) is 20.8. The Morgan fingerprint density at radius 1 is 1.06 bits per heavy atom. The number of hydrogen-bond donors (Lipinski definition) is 0. The smallest absolute Gasteiger partial charge is 0.252 e. The summed E-state index contributed by atoms with van der Waals surface area (Å²) in [6, 6.07) is 15.5. The first-order valence-corrected chi connectivity index (χ1v) is 14.1. The van der Waals surface area contributed by atoms with Crippen LogP contribution in [0.2, 0.25) is 10.0 Å². The number of carbonyl (C=O) groups excluding carboxylic acids is 1. The number of amides is 1. The summed E-state index contributed by atoms with van der Waals surface area (Å²) in [5.74, 6) is 0.0505. The van der Waals surface area contributed by atoms with E-state index in [0.29, 0.717) is 21.7 Å². The lowest BCUT2D eigenvalue weighted by Gasteiger charge is -2.51. The molecule has 1 amide bonds. The number of halogens is 2. The van der Waals surface area contributed by atoms with Gasteiger partial charge in [0.15, 0.2) is 0 Å². The predicted molar refractivity (Wildman–Crippen MR) is 148 cm³/mol. The van der Waals surface area contributed by atoms with Gasteiger partial charge in [-0.2, -0.15) is 11.8 Å². The maximum absolute atomic E-state index is 14.1. The Morgan fingerprint density at radius 2 is 1.77 bits per heavy atom. The van der Waals surface area contributed by atoms with Gasteiger partial charge in [-0.05, 0) is 48.2 Å². The fourth-order valence-electron chi connectivity index (χ4n) is 5.36. The summed E-state index contributed by atoms with van der Waals surface area (Å²) in [5, 5.41) is 1.69. The molecule has 2 fully saturated rings. The van der Waals surface area contributed by atoms with Crippen molar-refractivity contribution in [3.63, 3.8) is 0 Å². The average Bonchev–Trinajstić information content (AvgIpc) is 2.80. The van der Waals surface area contributed by atoms with Crippen molar-refractivity contribution in [3.05, 3.63) is 82.4 Å². The van der Waals surface area contributed by atoms with Crippen molar-refractivity contribution in [2.24, 2.45) is 0 Å². The second-order valence-electron chi connectivity index (χ2n) is 10.5. The molecule has 2 aromatic carbocycles. The van der Waals surface area contributed by atoms with Gasteiger partial charge in [0.25, 0.3) is 5.91 Å². The maximum Gasteiger partial charge on any atom is 0.252 e. The number of carbonyl (C=O) groups is 1. The zero-order valence-corrected chi connectivity index (χ0v) is 23.1. The van der Waals surface area contributed by atoms with E-state index in [4.69, 9.17) is 27.9 Å². The van der Waals surface area contributed by atoms with Gasteiger partial charge in [-0.1, -0.05) is 87.2 Å². The summed E-state index contributed by atoms with van der Waals surface area (Å²) in [5.41, 5.74) is 2.00. The molecule has 3 nitrogen and oxygen atoms in total. The largest absolute Gasteiger partial charge is 0.358 e. The first-order valence-electron chi connectivity index (χ1n) is 12.4. The molecule has 0 aromatic heterocycles. The first kappa shape index (κ1) is 26.6.